The molecule has 0 saturated heterocycles. The molecular formula is C13H15F3N6O2. The van der Waals surface area contributed by atoms with Gasteiger partial charge in [0.15, 0.2) is 11.3 Å². The van der Waals surface area contributed by atoms with Crippen molar-refractivity contribution in [3.8, 4) is 0 Å². The Hall–Kier alpha value is -2.46. The van der Waals surface area contributed by atoms with Crippen molar-refractivity contribution in [2.45, 2.75) is 37.9 Å². The van der Waals surface area contributed by atoms with Gasteiger partial charge in [-0.3, -0.25) is 4.79 Å². The molecule has 2 unspecified atom stereocenters. The summed E-state index contributed by atoms with van der Waals surface area (Å²) in [6, 6.07) is -0.589. The van der Waals surface area contributed by atoms with Gasteiger partial charge in [0.1, 0.15) is 6.33 Å². The minimum absolute atomic E-state index is 0.0289. The Kier molecular flexibility index (Phi) is 4.01. The second kappa shape index (κ2) is 5.87. The number of rotatable bonds is 2. The summed E-state index contributed by atoms with van der Waals surface area (Å²) in [5.41, 5.74) is -0.686. The zero-order chi connectivity index (χ0) is 17.5. The molecule has 1 saturated carbocycles. The van der Waals surface area contributed by atoms with Crippen molar-refractivity contribution in [2.24, 2.45) is 13.0 Å². The highest BCUT2D eigenvalue weighted by Crippen LogP contribution is 2.37. The number of amides is 1. The minimum Gasteiger partial charge on any atom is -0.348 e. The van der Waals surface area contributed by atoms with Gasteiger partial charge >= 0.3 is 11.9 Å². The second-order valence-electron chi connectivity index (χ2n) is 5.86. The molecule has 1 amide bonds. The van der Waals surface area contributed by atoms with Gasteiger partial charge in [-0.25, -0.2) is 14.2 Å². The standard InChI is InChI=1S/C13H15F3N6O2/c1-21-12(24)22-6-17-9(10(22)19-20-21)11(23)18-8-4-2-3-7(5-8)13(14,15)16/h6-8H,2-5H2,1H3,(H,18,23). The van der Waals surface area contributed by atoms with Crippen molar-refractivity contribution < 1.29 is 18.0 Å². The average Bonchev–Trinajstić information content (AvgIpc) is 2.95. The van der Waals surface area contributed by atoms with Gasteiger partial charge in [0.2, 0.25) is 0 Å². The number of fused-ring (bicyclic) bond motifs is 1. The molecule has 0 bridgehead atoms. The first-order valence-corrected chi connectivity index (χ1v) is 7.42. The van der Waals surface area contributed by atoms with E-state index in [9.17, 15) is 22.8 Å². The molecule has 0 aromatic carbocycles. The van der Waals surface area contributed by atoms with Crippen LogP contribution in [0.4, 0.5) is 13.2 Å². The summed E-state index contributed by atoms with van der Waals surface area (Å²) < 4.78 is 40.5. The monoisotopic (exact) mass is 344 g/mol. The van der Waals surface area contributed by atoms with Crippen LogP contribution in [0.3, 0.4) is 0 Å². The lowest BCUT2D eigenvalue weighted by Gasteiger charge is -2.30. The fraction of sp³-hybridized carbons (Fsp3) is 0.615. The van der Waals surface area contributed by atoms with E-state index in [2.05, 4.69) is 20.6 Å². The van der Waals surface area contributed by atoms with Gasteiger partial charge in [-0.05, 0) is 19.3 Å². The van der Waals surface area contributed by atoms with Crippen LogP contribution in [0.1, 0.15) is 36.2 Å². The molecule has 2 aromatic heterocycles. The van der Waals surface area contributed by atoms with E-state index in [1.807, 2.05) is 0 Å². The molecule has 3 rings (SSSR count). The third-order valence-corrected chi connectivity index (χ3v) is 4.19. The number of hydrogen-bond donors (Lipinski definition) is 1. The first-order chi connectivity index (χ1) is 11.3. The van der Waals surface area contributed by atoms with Crippen LogP contribution in [0.5, 0.6) is 0 Å². The van der Waals surface area contributed by atoms with E-state index in [-0.39, 0.29) is 24.2 Å². The summed E-state index contributed by atoms with van der Waals surface area (Å²) >= 11 is 0. The fourth-order valence-electron chi connectivity index (χ4n) is 2.91. The third kappa shape index (κ3) is 2.97. The largest absolute Gasteiger partial charge is 0.391 e. The summed E-state index contributed by atoms with van der Waals surface area (Å²) in [4.78, 5) is 28.0. The molecule has 0 aliphatic heterocycles. The van der Waals surface area contributed by atoms with E-state index in [0.717, 1.165) is 15.4 Å². The van der Waals surface area contributed by atoms with Crippen molar-refractivity contribution >= 4 is 11.6 Å². The van der Waals surface area contributed by atoms with Crippen LogP contribution in [0.2, 0.25) is 0 Å². The topological polar surface area (TPSA) is 94.2 Å². The van der Waals surface area contributed by atoms with Crippen LogP contribution in [-0.2, 0) is 7.05 Å². The molecule has 8 nitrogen and oxygen atoms in total. The molecule has 2 heterocycles. The molecule has 1 fully saturated rings. The smallest absolute Gasteiger partial charge is 0.348 e. The Morgan fingerprint density at radius 2 is 2.12 bits per heavy atom. The third-order valence-electron chi connectivity index (χ3n) is 4.19. The van der Waals surface area contributed by atoms with Gasteiger partial charge in [0.25, 0.3) is 5.91 Å². The van der Waals surface area contributed by atoms with Gasteiger partial charge in [0, 0.05) is 13.1 Å². The van der Waals surface area contributed by atoms with Crippen LogP contribution in [0.15, 0.2) is 11.1 Å². The van der Waals surface area contributed by atoms with E-state index in [1.165, 1.54) is 7.05 Å². The molecule has 11 heteroatoms. The summed E-state index contributed by atoms with van der Waals surface area (Å²) in [6.07, 6.45) is -2.35. The molecule has 1 aliphatic carbocycles. The lowest BCUT2D eigenvalue weighted by molar-refractivity contribution is -0.183. The van der Waals surface area contributed by atoms with Crippen molar-refractivity contribution in [3.05, 3.63) is 22.5 Å². The van der Waals surface area contributed by atoms with Gasteiger partial charge in [-0.1, -0.05) is 11.6 Å². The highest BCUT2D eigenvalue weighted by atomic mass is 19.4. The molecule has 2 atom stereocenters. The zero-order valence-electron chi connectivity index (χ0n) is 12.7. The number of imidazole rings is 1. The maximum absolute atomic E-state index is 12.8. The van der Waals surface area contributed by atoms with Gasteiger partial charge < -0.3 is 5.32 Å². The normalized spacial score (nSPS) is 21.8. The Morgan fingerprint density at radius 1 is 1.38 bits per heavy atom. The number of carbonyl (C=O) groups is 1. The average molecular weight is 344 g/mol. The number of alkyl halides is 3. The summed E-state index contributed by atoms with van der Waals surface area (Å²) in [7, 11) is 1.40. The van der Waals surface area contributed by atoms with Crippen molar-refractivity contribution in [3.63, 3.8) is 0 Å². The minimum atomic E-state index is -4.26. The fourth-order valence-corrected chi connectivity index (χ4v) is 2.91. The van der Waals surface area contributed by atoms with Gasteiger partial charge in [0.05, 0.1) is 5.92 Å². The van der Waals surface area contributed by atoms with E-state index in [4.69, 9.17) is 0 Å². The van der Waals surface area contributed by atoms with Crippen LogP contribution in [0.25, 0.3) is 5.65 Å². The zero-order valence-corrected chi connectivity index (χ0v) is 12.7. The van der Waals surface area contributed by atoms with Crippen LogP contribution < -0.4 is 11.0 Å². The Labute approximate surface area is 133 Å². The maximum Gasteiger partial charge on any atom is 0.391 e. The van der Waals surface area contributed by atoms with Crippen LogP contribution >= 0.6 is 0 Å². The number of halogens is 3. The van der Waals surface area contributed by atoms with E-state index >= 15 is 0 Å². The number of aromatic nitrogens is 5. The number of nitrogens with zero attached hydrogens (tertiary/aromatic N) is 5. The Morgan fingerprint density at radius 3 is 2.83 bits per heavy atom. The highest BCUT2D eigenvalue weighted by molar-refractivity contribution is 5.97. The number of nitrogens with one attached hydrogen (secondary N) is 1. The second-order valence-corrected chi connectivity index (χ2v) is 5.86. The number of carbonyl (C=O) groups excluding carboxylic acids is 1. The van der Waals surface area contributed by atoms with Crippen LogP contribution in [0, 0.1) is 5.92 Å². The molecular weight excluding hydrogens is 329 g/mol. The Balaban J connectivity index is 1.78. The lowest BCUT2D eigenvalue weighted by Crippen LogP contribution is -2.41. The van der Waals surface area contributed by atoms with E-state index in [1.54, 1.807) is 0 Å². The quantitative estimate of drug-likeness (QED) is 0.864. The Bertz CT molecular complexity index is 827. The molecule has 2 aromatic rings. The predicted octanol–water partition coefficient (Wildman–Crippen LogP) is 0.674. The molecule has 0 spiro atoms. The first kappa shape index (κ1) is 16.4. The maximum atomic E-state index is 12.8. The van der Waals surface area contributed by atoms with Crippen molar-refractivity contribution in [1.82, 2.24) is 29.7 Å². The lowest BCUT2D eigenvalue weighted by atomic mass is 9.85. The SMILES string of the molecule is Cn1nnc2c(C(=O)NC3CCCC(C(F)(F)F)C3)ncn2c1=O. The number of hydrogen-bond acceptors (Lipinski definition) is 5. The van der Waals surface area contributed by atoms with E-state index < -0.39 is 29.7 Å². The molecule has 24 heavy (non-hydrogen) atoms. The van der Waals surface area contributed by atoms with Gasteiger partial charge in [-0.2, -0.15) is 17.9 Å². The van der Waals surface area contributed by atoms with E-state index in [0.29, 0.717) is 12.8 Å². The summed E-state index contributed by atoms with van der Waals surface area (Å²) in [6.45, 7) is 0. The summed E-state index contributed by atoms with van der Waals surface area (Å²) in [5.74, 6) is -2.07. The molecule has 1 aliphatic rings. The first-order valence-electron chi connectivity index (χ1n) is 7.42. The van der Waals surface area contributed by atoms with Crippen molar-refractivity contribution in [1.29, 1.82) is 0 Å². The summed E-state index contributed by atoms with van der Waals surface area (Å²) in [5, 5.41) is 9.88. The molecule has 1 N–H and O–H groups in total. The van der Waals surface area contributed by atoms with Crippen molar-refractivity contribution in [2.75, 3.05) is 0 Å². The highest BCUT2D eigenvalue weighted by Gasteiger charge is 2.42. The molecule has 130 valence electrons. The molecule has 0 radical (unpaired) electrons. The predicted molar refractivity (Wildman–Crippen MR) is 75.3 cm³/mol. The van der Waals surface area contributed by atoms with Gasteiger partial charge in [-0.15, -0.1) is 5.10 Å². The number of aryl methyl sites for hydroxylation is 1. The van der Waals surface area contributed by atoms with Crippen LogP contribution in [-0.4, -0.2) is 42.5 Å².